The lowest BCUT2D eigenvalue weighted by Gasteiger charge is -2.24. The molecule has 4 aromatic carbocycles. The number of anilines is 2. The number of sulfonamides is 2. The van der Waals surface area contributed by atoms with E-state index in [0.29, 0.717) is 22.5 Å². The normalized spacial score (nSPS) is 10.7. The quantitative estimate of drug-likeness (QED) is 0.102. The van der Waals surface area contributed by atoms with Crippen LogP contribution >= 0.6 is 15.9 Å². The van der Waals surface area contributed by atoms with E-state index in [9.17, 15) is 26.4 Å². The van der Waals surface area contributed by atoms with Crippen LogP contribution in [0.4, 0.5) is 11.4 Å². The standard InChI is InChI=1S/C20H18N2O4S.C11H10N2O2S.C9H9BrO2/c1-26-20(23)17-11-9-16(10-12-17)15-22(18-6-3-2-4-7-18)27(24,25)19-8-5-13-21-14-19;14-16(15,11-7-4-8-12-9-11)13-10-5-2-1-3-6-10;1-12-9(11)8-4-2-7(6-10)3-5-8/h2-14H,15H2,1H3;1-9,13H;2-5H,6H2,1H3. The van der Waals surface area contributed by atoms with Gasteiger partial charge in [0.05, 0.1) is 37.6 Å². The first-order valence-corrected chi connectivity index (χ1v) is 20.4. The van der Waals surface area contributed by atoms with Gasteiger partial charge in [0.1, 0.15) is 9.79 Å². The van der Waals surface area contributed by atoms with E-state index in [4.69, 9.17) is 0 Å². The molecule has 0 aliphatic rings. The lowest BCUT2D eigenvalue weighted by atomic mass is 10.1. The van der Waals surface area contributed by atoms with E-state index in [1.165, 1.54) is 55.4 Å². The predicted molar refractivity (Wildman–Crippen MR) is 214 cm³/mol. The van der Waals surface area contributed by atoms with Gasteiger partial charge in [-0.3, -0.25) is 19.0 Å². The van der Waals surface area contributed by atoms with Crippen LogP contribution in [0.25, 0.3) is 0 Å². The number of hydrogen-bond donors (Lipinski definition) is 1. The van der Waals surface area contributed by atoms with Crippen molar-refractivity contribution >= 4 is 59.3 Å². The van der Waals surface area contributed by atoms with Gasteiger partial charge in [0.2, 0.25) is 0 Å². The third kappa shape index (κ3) is 12.3. The number of nitrogens with zero attached hydrogens (tertiary/aromatic N) is 3. The van der Waals surface area contributed by atoms with Gasteiger partial charge in [-0.2, -0.15) is 0 Å². The second-order valence-corrected chi connectivity index (χ2v) is 15.3. The molecular formula is C40H37BrN4O8S2. The zero-order chi connectivity index (χ0) is 39.7. The predicted octanol–water partition coefficient (Wildman–Crippen LogP) is 7.51. The van der Waals surface area contributed by atoms with Crippen molar-refractivity contribution in [1.82, 2.24) is 9.97 Å². The maximum atomic E-state index is 13.2. The highest BCUT2D eigenvalue weighted by atomic mass is 79.9. The van der Waals surface area contributed by atoms with Crippen LogP contribution in [0.5, 0.6) is 0 Å². The van der Waals surface area contributed by atoms with Crippen molar-refractivity contribution in [2.45, 2.75) is 21.7 Å². The monoisotopic (exact) mass is 844 g/mol. The molecule has 2 aromatic heterocycles. The topological polar surface area (TPSA) is 162 Å². The smallest absolute Gasteiger partial charge is 0.337 e. The summed E-state index contributed by atoms with van der Waals surface area (Å²) in [5, 5.41) is 0.800. The summed E-state index contributed by atoms with van der Waals surface area (Å²) in [5.41, 5.74) is 3.94. The molecule has 0 amide bonds. The Labute approximate surface area is 329 Å². The second kappa shape index (κ2) is 20.5. The first kappa shape index (κ1) is 41.9. The molecule has 0 bridgehead atoms. The maximum absolute atomic E-state index is 13.2. The third-order valence-electron chi connectivity index (χ3n) is 7.47. The molecule has 0 fully saturated rings. The van der Waals surface area contributed by atoms with E-state index in [2.05, 4.69) is 40.1 Å². The molecule has 284 valence electrons. The number of methoxy groups -OCH3 is 2. The van der Waals surface area contributed by atoms with Gasteiger partial charge in [0, 0.05) is 35.8 Å². The number of carbonyl (C=O) groups is 2. The number of rotatable bonds is 11. The fourth-order valence-electron chi connectivity index (χ4n) is 4.64. The summed E-state index contributed by atoms with van der Waals surface area (Å²) in [6, 6.07) is 37.7. The third-order valence-corrected chi connectivity index (χ3v) is 11.2. The molecule has 0 spiro atoms. The summed E-state index contributed by atoms with van der Waals surface area (Å²) >= 11 is 3.32. The van der Waals surface area contributed by atoms with Crippen LogP contribution in [0, 0.1) is 0 Å². The van der Waals surface area contributed by atoms with Crippen LogP contribution in [0.1, 0.15) is 31.8 Å². The van der Waals surface area contributed by atoms with E-state index in [1.54, 1.807) is 97.1 Å². The van der Waals surface area contributed by atoms with Crippen LogP contribution in [-0.4, -0.2) is 53.0 Å². The Balaban J connectivity index is 0.000000203. The minimum atomic E-state index is -3.80. The van der Waals surface area contributed by atoms with Gasteiger partial charge in [-0.05, 0) is 83.9 Å². The first-order valence-electron chi connectivity index (χ1n) is 16.3. The van der Waals surface area contributed by atoms with E-state index in [-0.39, 0.29) is 22.3 Å². The number of alkyl halides is 1. The second-order valence-electron chi connectivity index (χ2n) is 11.2. The summed E-state index contributed by atoms with van der Waals surface area (Å²) in [6.45, 7) is 0.114. The van der Waals surface area contributed by atoms with Crippen molar-refractivity contribution in [3.8, 4) is 0 Å². The molecule has 0 radical (unpaired) electrons. The number of hydrogen-bond acceptors (Lipinski definition) is 10. The molecule has 0 unspecified atom stereocenters. The van der Waals surface area contributed by atoms with Crippen molar-refractivity contribution in [3.05, 3.63) is 181 Å². The molecule has 55 heavy (non-hydrogen) atoms. The van der Waals surface area contributed by atoms with Crippen LogP contribution in [0.2, 0.25) is 0 Å². The number of halogens is 1. The number of pyridine rings is 2. The Morgan fingerprint density at radius 1 is 0.618 bits per heavy atom. The Hall–Kier alpha value is -5.90. The average molecular weight is 846 g/mol. The fourth-order valence-corrected chi connectivity index (χ4v) is 7.45. The highest BCUT2D eigenvalue weighted by molar-refractivity contribution is 9.08. The molecule has 1 N–H and O–H groups in total. The van der Waals surface area contributed by atoms with Gasteiger partial charge in [-0.1, -0.05) is 76.6 Å². The Bertz CT molecular complexity index is 2320. The van der Waals surface area contributed by atoms with E-state index >= 15 is 0 Å². The molecule has 6 rings (SSSR count). The molecule has 0 saturated heterocycles. The minimum absolute atomic E-state index is 0.111. The van der Waals surface area contributed by atoms with E-state index < -0.39 is 26.0 Å². The van der Waals surface area contributed by atoms with E-state index in [1.807, 2.05) is 24.3 Å². The summed E-state index contributed by atoms with van der Waals surface area (Å²) in [5.74, 6) is -0.736. The molecule has 0 aliphatic carbocycles. The molecular weight excluding hydrogens is 808 g/mol. The van der Waals surface area contributed by atoms with Crippen molar-refractivity contribution in [2.75, 3.05) is 23.2 Å². The zero-order valence-electron chi connectivity index (χ0n) is 29.7. The van der Waals surface area contributed by atoms with Gasteiger partial charge in [0.25, 0.3) is 20.0 Å². The first-order chi connectivity index (χ1) is 26.5. The average Bonchev–Trinajstić information content (AvgIpc) is 3.24. The zero-order valence-corrected chi connectivity index (χ0v) is 32.9. The van der Waals surface area contributed by atoms with Crippen molar-refractivity contribution < 1.29 is 35.9 Å². The molecule has 0 aliphatic heterocycles. The van der Waals surface area contributed by atoms with Crippen LogP contribution in [0.3, 0.4) is 0 Å². The summed E-state index contributed by atoms with van der Waals surface area (Å²) in [4.78, 5) is 30.5. The van der Waals surface area contributed by atoms with Gasteiger partial charge in [0.15, 0.2) is 0 Å². The van der Waals surface area contributed by atoms with Crippen LogP contribution in [-0.2, 0) is 41.4 Å². The number of nitrogens with one attached hydrogen (secondary N) is 1. The van der Waals surface area contributed by atoms with Crippen molar-refractivity contribution in [3.63, 3.8) is 0 Å². The van der Waals surface area contributed by atoms with Gasteiger partial charge in [-0.15, -0.1) is 0 Å². The molecule has 12 nitrogen and oxygen atoms in total. The molecule has 15 heteroatoms. The molecule has 2 heterocycles. The number of para-hydroxylation sites is 2. The van der Waals surface area contributed by atoms with Crippen molar-refractivity contribution in [1.29, 1.82) is 0 Å². The highest BCUT2D eigenvalue weighted by Crippen LogP contribution is 2.25. The van der Waals surface area contributed by atoms with Crippen LogP contribution in [0.15, 0.2) is 168 Å². The lowest BCUT2D eigenvalue weighted by molar-refractivity contribution is 0.0592. The molecule has 6 aromatic rings. The summed E-state index contributed by atoms with van der Waals surface area (Å²) in [6.07, 6.45) is 5.69. The Kier molecular flexibility index (Phi) is 15.6. The van der Waals surface area contributed by atoms with Crippen LogP contribution < -0.4 is 9.03 Å². The lowest BCUT2D eigenvalue weighted by Crippen LogP contribution is -2.30. The fraction of sp³-hybridized carbons (Fsp3) is 0.100. The van der Waals surface area contributed by atoms with Gasteiger partial charge < -0.3 is 9.47 Å². The summed E-state index contributed by atoms with van der Waals surface area (Å²) < 4.78 is 63.1. The number of ether oxygens (including phenoxy) is 2. The van der Waals surface area contributed by atoms with Gasteiger partial charge in [-0.25, -0.2) is 26.4 Å². The number of carbonyl (C=O) groups excluding carboxylic acids is 2. The SMILES string of the molecule is COC(=O)c1ccc(CBr)cc1.COC(=O)c1ccc(CN(c2ccccc2)S(=O)(=O)c2cccnc2)cc1.O=S(=O)(Nc1ccccc1)c1cccnc1. The Morgan fingerprint density at radius 2 is 1.09 bits per heavy atom. The number of benzene rings is 4. The molecule has 0 atom stereocenters. The number of esters is 2. The largest absolute Gasteiger partial charge is 0.465 e. The molecule has 0 saturated carbocycles. The highest BCUT2D eigenvalue weighted by Gasteiger charge is 2.25. The van der Waals surface area contributed by atoms with Crippen molar-refractivity contribution in [2.24, 2.45) is 0 Å². The Morgan fingerprint density at radius 3 is 1.55 bits per heavy atom. The number of aromatic nitrogens is 2. The minimum Gasteiger partial charge on any atom is -0.465 e. The van der Waals surface area contributed by atoms with Gasteiger partial charge >= 0.3 is 11.9 Å². The van der Waals surface area contributed by atoms with E-state index in [0.717, 1.165) is 16.5 Å². The maximum Gasteiger partial charge on any atom is 0.337 e. The summed E-state index contributed by atoms with van der Waals surface area (Å²) in [7, 11) is -4.64.